The van der Waals surface area contributed by atoms with Crippen LogP contribution in [0.4, 0.5) is 0 Å². The summed E-state index contributed by atoms with van der Waals surface area (Å²) in [7, 11) is 2.29. The smallest absolute Gasteiger partial charge is 0.108 e. The zero-order valence-electron chi connectivity index (χ0n) is 11.0. The van der Waals surface area contributed by atoms with E-state index in [2.05, 4.69) is 38.6 Å². The predicted octanol–water partition coefficient (Wildman–Crippen LogP) is 2.45. The molecule has 16 heavy (non-hydrogen) atoms. The molecule has 0 spiro atoms. The molecule has 0 aliphatic heterocycles. The molecule has 0 aromatic rings. The third-order valence-corrected chi connectivity index (χ3v) is 3.48. The molecule has 1 saturated carbocycles. The van der Waals surface area contributed by atoms with Crippen LogP contribution in [-0.2, 0) is 0 Å². The molecule has 1 aliphatic rings. The molecular formula is C13H23BN2. The van der Waals surface area contributed by atoms with Crippen molar-refractivity contribution in [2.45, 2.75) is 51.9 Å². The minimum absolute atomic E-state index is 0.617. The molecule has 1 rings (SSSR count). The largest absolute Gasteiger partial charge is 0.383 e. The van der Waals surface area contributed by atoms with E-state index in [4.69, 9.17) is 0 Å². The fourth-order valence-corrected chi connectivity index (χ4v) is 2.00. The molecule has 0 amide bonds. The highest BCUT2D eigenvalue weighted by atomic mass is 14.9. The van der Waals surface area contributed by atoms with Crippen molar-refractivity contribution < 1.29 is 0 Å². The van der Waals surface area contributed by atoms with Gasteiger partial charge in [0.25, 0.3) is 0 Å². The summed E-state index contributed by atoms with van der Waals surface area (Å²) in [6.45, 7) is 10.3. The molecule has 0 aromatic heterocycles. The second kappa shape index (κ2) is 5.93. The molecule has 2 nitrogen and oxygen atoms in total. The van der Waals surface area contributed by atoms with Crippen molar-refractivity contribution in [3.8, 4) is 0 Å². The summed E-state index contributed by atoms with van der Waals surface area (Å²) < 4.78 is 0. The molecule has 88 valence electrons. The summed E-state index contributed by atoms with van der Waals surface area (Å²) in [6, 6.07) is 0.617. The molecule has 1 aliphatic carbocycles. The van der Waals surface area contributed by atoms with Crippen LogP contribution in [0.5, 0.6) is 0 Å². The summed E-state index contributed by atoms with van der Waals surface area (Å²) in [5, 5.41) is 3.51. The molecule has 2 unspecified atom stereocenters. The van der Waals surface area contributed by atoms with Crippen molar-refractivity contribution in [3.05, 3.63) is 23.5 Å². The molecular weight excluding hydrogens is 195 g/mol. The van der Waals surface area contributed by atoms with Crippen LogP contribution < -0.4 is 5.32 Å². The third-order valence-electron chi connectivity index (χ3n) is 3.48. The van der Waals surface area contributed by atoms with Gasteiger partial charge in [0, 0.05) is 23.7 Å². The second-order valence-electron chi connectivity index (χ2n) is 4.60. The van der Waals surface area contributed by atoms with Gasteiger partial charge in [-0.15, -0.1) is 0 Å². The van der Waals surface area contributed by atoms with E-state index in [1.165, 1.54) is 18.4 Å². The Morgan fingerprint density at radius 3 is 2.62 bits per heavy atom. The molecule has 3 heteroatoms. The Kier molecular flexibility index (Phi) is 4.85. The number of nitrogens with one attached hydrogen (secondary N) is 1. The summed E-state index contributed by atoms with van der Waals surface area (Å²) in [4.78, 5) is 4.39. The first kappa shape index (κ1) is 13.1. The summed E-state index contributed by atoms with van der Waals surface area (Å²) in [5.74, 6) is 0.782. The van der Waals surface area contributed by atoms with Crippen molar-refractivity contribution in [1.29, 1.82) is 0 Å². The fraction of sp³-hybridized carbons (Fsp3) is 0.615. The van der Waals surface area contributed by atoms with Gasteiger partial charge >= 0.3 is 0 Å². The van der Waals surface area contributed by atoms with Crippen LogP contribution in [0.25, 0.3) is 0 Å². The average Bonchev–Trinajstić information content (AvgIpc) is 2.29. The van der Waals surface area contributed by atoms with Crippen LogP contribution in [0.3, 0.4) is 0 Å². The van der Waals surface area contributed by atoms with Crippen LogP contribution >= 0.6 is 0 Å². The standard InChI is InChI=1S/C13H23BN2/c1-5-12(15-6-2)9(3)10(4)16-13-8-7-11(13)14/h6,11,13,16H,4-5,7-8,14H2,1-3H3/b12-9+,15-6-. The molecule has 1 N–H and O–H groups in total. The van der Waals surface area contributed by atoms with E-state index in [1.807, 2.05) is 13.1 Å². The first-order chi connectivity index (χ1) is 7.60. The van der Waals surface area contributed by atoms with Gasteiger partial charge in [-0.05, 0) is 38.1 Å². The lowest BCUT2D eigenvalue weighted by atomic mass is 9.66. The van der Waals surface area contributed by atoms with E-state index in [-0.39, 0.29) is 0 Å². The van der Waals surface area contributed by atoms with Crippen molar-refractivity contribution >= 4 is 14.1 Å². The summed E-state index contributed by atoms with van der Waals surface area (Å²) in [6.07, 6.45) is 5.41. The molecule has 0 radical (unpaired) electrons. The average molecular weight is 218 g/mol. The molecule has 2 atom stereocenters. The Balaban J connectivity index is 2.64. The fourth-order valence-electron chi connectivity index (χ4n) is 2.00. The van der Waals surface area contributed by atoms with Gasteiger partial charge in [-0.2, -0.15) is 0 Å². The van der Waals surface area contributed by atoms with Crippen molar-refractivity contribution in [3.63, 3.8) is 0 Å². The van der Waals surface area contributed by atoms with Crippen LogP contribution in [-0.4, -0.2) is 20.1 Å². The van der Waals surface area contributed by atoms with Gasteiger partial charge in [-0.25, -0.2) is 0 Å². The lowest BCUT2D eigenvalue weighted by Crippen LogP contribution is -2.40. The minimum atomic E-state index is 0.617. The Morgan fingerprint density at radius 1 is 1.56 bits per heavy atom. The van der Waals surface area contributed by atoms with Gasteiger partial charge < -0.3 is 5.32 Å². The van der Waals surface area contributed by atoms with Crippen molar-refractivity contribution in [2.24, 2.45) is 4.99 Å². The highest BCUT2D eigenvalue weighted by Crippen LogP contribution is 2.31. The number of hydrogen-bond donors (Lipinski definition) is 1. The first-order valence-corrected chi connectivity index (χ1v) is 6.24. The highest BCUT2D eigenvalue weighted by molar-refractivity contribution is 6.12. The molecule has 0 saturated heterocycles. The third kappa shape index (κ3) is 3.00. The van der Waals surface area contributed by atoms with E-state index in [0.717, 1.165) is 23.6 Å². The Hall–Kier alpha value is -0.985. The van der Waals surface area contributed by atoms with Crippen LogP contribution in [0.2, 0.25) is 5.82 Å². The normalized spacial score (nSPS) is 26.2. The zero-order chi connectivity index (χ0) is 12.1. The Bertz CT molecular complexity index is 318. The van der Waals surface area contributed by atoms with Crippen LogP contribution in [0.1, 0.15) is 40.0 Å². The van der Waals surface area contributed by atoms with Crippen LogP contribution in [0, 0.1) is 0 Å². The Labute approximate surface area is 100 Å². The summed E-state index contributed by atoms with van der Waals surface area (Å²) >= 11 is 0. The molecule has 1 fully saturated rings. The van der Waals surface area contributed by atoms with E-state index in [1.54, 1.807) is 0 Å². The summed E-state index contributed by atoms with van der Waals surface area (Å²) in [5.41, 5.74) is 3.37. The SMILES string of the molecule is BC1CCC1NC(=C)/C(C)=C(CC)/N=C\C. The second-order valence-corrected chi connectivity index (χ2v) is 4.60. The number of rotatable bonds is 5. The topological polar surface area (TPSA) is 24.4 Å². The van der Waals surface area contributed by atoms with Gasteiger partial charge in [0.2, 0.25) is 0 Å². The number of aliphatic imine (C=N–C) groups is 1. The number of allylic oxidation sites excluding steroid dienone is 2. The quantitative estimate of drug-likeness (QED) is 0.428. The lowest BCUT2D eigenvalue weighted by molar-refractivity contribution is 0.367. The van der Waals surface area contributed by atoms with E-state index in [9.17, 15) is 0 Å². The maximum Gasteiger partial charge on any atom is 0.108 e. The van der Waals surface area contributed by atoms with Gasteiger partial charge in [-0.3, -0.25) is 4.99 Å². The highest BCUT2D eigenvalue weighted by Gasteiger charge is 2.26. The zero-order valence-corrected chi connectivity index (χ0v) is 11.0. The minimum Gasteiger partial charge on any atom is -0.383 e. The number of nitrogens with zero attached hydrogens (tertiary/aromatic N) is 1. The van der Waals surface area contributed by atoms with Crippen molar-refractivity contribution in [1.82, 2.24) is 5.32 Å². The molecule has 0 bridgehead atoms. The predicted molar refractivity (Wildman–Crippen MR) is 74.7 cm³/mol. The van der Waals surface area contributed by atoms with E-state index < -0.39 is 0 Å². The van der Waals surface area contributed by atoms with Gasteiger partial charge in [0.05, 0.1) is 0 Å². The number of hydrogen-bond acceptors (Lipinski definition) is 2. The lowest BCUT2D eigenvalue weighted by Gasteiger charge is -2.36. The van der Waals surface area contributed by atoms with Gasteiger partial charge in [0.15, 0.2) is 0 Å². The Morgan fingerprint density at radius 2 is 2.25 bits per heavy atom. The van der Waals surface area contributed by atoms with E-state index >= 15 is 0 Å². The maximum atomic E-state index is 4.39. The first-order valence-electron chi connectivity index (χ1n) is 6.24. The maximum absolute atomic E-state index is 4.39. The molecule has 0 heterocycles. The van der Waals surface area contributed by atoms with Crippen LogP contribution in [0.15, 0.2) is 28.5 Å². The molecule has 0 aromatic carbocycles. The van der Waals surface area contributed by atoms with Crippen molar-refractivity contribution in [2.75, 3.05) is 0 Å². The van der Waals surface area contributed by atoms with Gasteiger partial charge in [0.1, 0.15) is 7.85 Å². The monoisotopic (exact) mass is 218 g/mol. The van der Waals surface area contributed by atoms with Gasteiger partial charge in [-0.1, -0.05) is 19.9 Å². The van der Waals surface area contributed by atoms with E-state index in [0.29, 0.717) is 6.04 Å².